The van der Waals surface area contributed by atoms with Crippen molar-refractivity contribution in [1.82, 2.24) is 0 Å². The third kappa shape index (κ3) is 6.08. The van der Waals surface area contributed by atoms with E-state index in [9.17, 15) is 30.6 Å². The molecule has 0 aromatic heterocycles. The molecule has 0 saturated carbocycles. The van der Waals surface area contributed by atoms with E-state index in [1.54, 1.807) is 6.92 Å². The van der Waals surface area contributed by atoms with Crippen molar-refractivity contribution in [2.75, 3.05) is 6.61 Å². The van der Waals surface area contributed by atoms with Crippen LogP contribution in [0.5, 0.6) is 0 Å². The zero-order valence-electron chi connectivity index (χ0n) is 22.8. The van der Waals surface area contributed by atoms with E-state index >= 15 is 0 Å². The minimum absolute atomic E-state index is 0.00357. The van der Waals surface area contributed by atoms with Gasteiger partial charge in [0.1, 0.15) is 29.5 Å². The van der Waals surface area contributed by atoms with Gasteiger partial charge in [0.15, 0.2) is 0 Å². The normalized spacial score (nSPS) is 17.7. The van der Waals surface area contributed by atoms with Gasteiger partial charge in [0, 0.05) is 12.8 Å². The molecule has 0 radical (unpaired) electrons. The summed E-state index contributed by atoms with van der Waals surface area (Å²) in [5.41, 5.74) is 3.40. The van der Waals surface area contributed by atoms with Crippen molar-refractivity contribution in [3.63, 3.8) is 0 Å². The molecule has 36 heavy (non-hydrogen) atoms. The molecule has 0 spiro atoms. The largest absolute Gasteiger partial charge is 0.394 e. The maximum atomic E-state index is 12.0. The molecule has 0 aliphatic carbocycles. The van der Waals surface area contributed by atoms with Crippen LogP contribution in [0, 0.1) is 41.5 Å². The van der Waals surface area contributed by atoms with E-state index in [0.29, 0.717) is 11.1 Å². The van der Waals surface area contributed by atoms with Gasteiger partial charge in [-0.15, -0.1) is 6.58 Å². The lowest BCUT2D eigenvalue weighted by Crippen LogP contribution is -2.66. The maximum absolute atomic E-state index is 12.0. The van der Waals surface area contributed by atoms with Crippen LogP contribution in [-0.2, 0) is 12.8 Å². The second-order valence-electron chi connectivity index (χ2n) is 10.8. The van der Waals surface area contributed by atoms with Crippen LogP contribution in [-0.4, -0.2) is 66.8 Å². The molecular weight excluding hydrogens is 456 g/mol. The van der Waals surface area contributed by atoms with Gasteiger partial charge >= 0.3 is 0 Å². The average Bonchev–Trinajstić information content (AvgIpc) is 2.82. The quantitative estimate of drug-likeness (QED) is 0.264. The maximum Gasteiger partial charge on any atom is 0.126 e. The van der Waals surface area contributed by atoms with E-state index < -0.39 is 36.1 Å². The molecule has 200 valence electrons. The summed E-state index contributed by atoms with van der Waals surface area (Å²) >= 11 is 0. The zero-order valence-corrected chi connectivity index (χ0v) is 22.8. The summed E-state index contributed by atoms with van der Waals surface area (Å²) in [6.45, 7) is 16.3. The van der Waals surface area contributed by atoms with Crippen LogP contribution in [0.2, 0.25) is 0 Å². The summed E-state index contributed by atoms with van der Waals surface area (Å²) in [7, 11) is 0. The SMILES string of the molecule is C=C(C)CC(O)(Cc1c(C)ccc(C)c1C)[C@@H](O)[C@@](O)(Cc1c(C)ccc(C)c1C)[C@H](O)[C@@H](O)CO. The third-order valence-corrected chi connectivity index (χ3v) is 7.80. The number of rotatable bonds is 11. The Kier molecular flexibility index (Phi) is 9.68. The number of aliphatic hydroxyl groups is 6. The molecule has 0 bridgehead atoms. The van der Waals surface area contributed by atoms with E-state index in [2.05, 4.69) is 6.58 Å². The van der Waals surface area contributed by atoms with Gasteiger partial charge in [0.05, 0.1) is 6.61 Å². The first-order valence-corrected chi connectivity index (χ1v) is 12.4. The van der Waals surface area contributed by atoms with Crippen molar-refractivity contribution in [1.29, 1.82) is 0 Å². The predicted octanol–water partition coefficient (Wildman–Crippen LogP) is 2.83. The van der Waals surface area contributed by atoms with Crippen LogP contribution in [0.4, 0.5) is 0 Å². The number of hydrogen-bond donors (Lipinski definition) is 6. The van der Waals surface area contributed by atoms with Crippen LogP contribution < -0.4 is 0 Å². The van der Waals surface area contributed by atoms with Gasteiger partial charge in [-0.2, -0.15) is 0 Å². The van der Waals surface area contributed by atoms with Crippen LogP contribution in [0.3, 0.4) is 0 Å². The average molecular weight is 501 g/mol. The highest BCUT2D eigenvalue weighted by atomic mass is 16.4. The summed E-state index contributed by atoms with van der Waals surface area (Å²) in [6, 6.07) is 7.77. The molecule has 2 rings (SSSR count). The lowest BCUT2D eigenvalue weighted by atomic mass is 9.69. The molecule has 2 aromatic carbocycles. The van der Waals surface area contributed by atoms with E-state index in [1.165, 1.54) is 0 Å². The van der Waals surface area contributed by atoms with E-state index in [0.717, 1.165) is 38.9 Å². The zero-order chi connectivity index (χ0) is 27.6. The van der Waals surface area contributed by atoms with Gasteiger partial charge < -0.3 is 30.6 Å². The molecule has 6 N–H and O–H groups in total. The van der Waals surface area contributed by atoms with Crippen molar-refractivity contribution in [3.8, 4) is 0 Å². The lowest BCUT2D eigenvalue weighted by Gasteiger charge is -2.47. The Hall–Kier alpha value is -2.06. The van der Waals surface area contributed by atoms with Crippen molar-refractivity contribution >= 4 is 0 Å². The monoisotopic (exact) mass is 500 g/mol. The van der Waals surface area contributed by atoms with E-state index in [4.69, 9.17) is 0 Å². The Balaban J connectivity index is 2.72. The molecule has 0 fully saturated rings. The molecular formula is C30H44O6. The summed E-state index contributed by atoms with van der Waals surface area (Å²) in [5, 5.41) is 66.8. The fourth-order valence-electron chi connectivity index (χ4n) is 5.19. The smallest absolute Gasteiger partial charge is 0.126 e. The van der Waals surface area contributed by atoms with Gasteiger partial charge in [0.25, 0.3) is 0 Å². The van der Waals surface area contributed by atoms with E-state index in [-0.39, 0.29) is 19.3 Å². The van der Waals surface area contributed by atoms with E-state index in [1.807, 2.05) is 65.8 Å². The van der Waals surface area contributed by atoms with Crippen LogP contribution in [0.1, 0.15) is 57.9 Å². The Morgan fingerprint density at radius 2 is 1.19 bits per heavy atom. The number of benzene rings is 2. The predicted molar refractivity (Wildman–Crippen MR) is 143 cm³/mol. The molecule has 6 nitrogen and oxygen atoms in total. The first-order chi connectivity index (χ1) is 16.6. The van der Waals surface area contributed by atoms with Crippen molar-refractivity contribution in [3.05, 3.63) is 80.9 Å². The Morgan fingerprint density at radius 1 is 0.778 bits per heavy atom. The standard InChI is InChI=1S/C30H44O6/c1-17(2)13-29(35,14-24-20(5)11-9-18(3)22(24)7)28(34)30(36,27(33)26(32)16-31)15-25-21(6)12-10-19(4)23(25)8/h9-12,26-28,31-36H,1,13-16H2,2-8H3/t26-,27+,28+,29?,30+/m0/s1. The fraction of sp³-hybridized carbons (Fsp3) is 0.533. The Bertz CT molecular complexity index is 1090. The van der Waals surface area contributed by atoms with Crippen molar-refractivity contribution in [2.45, 2.75) is 97.2 Å². The lowest BCUT2D eigenvalue weighted by molar-refractivity contribution is -0.228. The molecule has 0 amide bonds. The first-order valence-electron chi connectivity index (χ1n) is 12.4. The Labute approximate surface area is 215 Å². The summed E-state index contributed by atoms with van der Waals surface area (Å²) < 4.78 is 0. The Morgan fingerprint density at radius 3 is 1.61 bits per heavy atom. The van der Waals surface area contributed by atoms with Gasteiger partial charge in [-0.1, -0.05) is 29.8 Å². The molecule has 1 unspecified atom stereocenters. The molecule has 6 heteroatoms. The van der Waals surface area contributed by atoms with Gasteiger partial charge in [-0.3, -0.25) is 0 Å². The second kappa shape index (κ2) is 11.5. The van der Waals surface area contributed by atoms with Gasteiger partial charge in [-0.05, 0) is 99.4 Å². The highest BCUT2D eigenvalue weighted by Crippen LogP contribution is 2.38. The molecule has 0 heterocycles. The second-order valence-corrected chi connectivity index (χ2v) is 10.8. The highest BCUT2D eigenvalue weighted by Gasteiger charge is 2.54. The minimum Gasteiger partial charge on any atom is -0.394 e. The molecule has 0 aliphatic heterocycles. The number of aliphatic hydroxyl groups excluding tert-OH is 4. The molecule has 5 atom stereocenters. The third-order valence-electron chi connectivity index (χ3n) is 7.80. The topological polar surface area (TPSA) is 121 Å². The van der Waals surface area contributed by atoms with Gasteiger partial charge in [0.2, 0.25) is 0 Å². The summed E-state index contributed by atoms with van der Waals surface area (Å²) in [4.78, 5) is 0. The van der Waals surface area contributed by atoms with Crippen LogP contribution in [0.15, 0.2) is 36.4 Å². The number of aryl methyl sites for hydroxylation is 4. The summed E-state index contributed by atoms with van der Waals surface area (Å²) in [5.74, 6) is 0. The van der Waals surface area contributed by atoms with Crippen LogP contribution >= 0.6 is 0 Å². The van der Waals surface area contributed by atoms with Crippen LogP contribution in [0.25, 0.3) is 0 Å². The molecule has 0 saturated heterocycles. The molecule has 0 aliphatic rings. The fourth-order valence-corrected chi connectivity index (χ4v) is 5.19. The first kappa shape index (κ1) is 30.2. The number of hydrogen-bond acceptors (Lipinski definition) is 6. The highest BCUT2D eigenvalue weighted by molar-refractivity contribution is 5.42. The van der Waals surface area contributed by atoms with Crippen molar-refractivity contribution in [2.24, 2.45) is 0 Å². The van der Waals surface area contributed by atoms with Gasteiger partial charge in [-0.25, -0.2) is 0 Å². The molecule has 2 aromatic rings. The minimum atomic E-state index is -2.39. The summed E-state index contributed by atoms with van der Waals surface area (Å²) in [6.07, 6.45) is -5.85. The van der Waals surface area contributed by atoms with Crippen molar-refractivity contribution < 1.29 is 30.6 Å².